The minimum absolute atomic E-state index is 0. The molecule has 1 aromatic rings. The van der Waals surface area contributed by atoms with Crippen LogP contribution < -0.4 is 4.74 Å². The Bertz CT molecular complexity index is 601. The fourth-order valence-corrected chi connectivity index (χ4v) is 2.15. The Morgan fingerprint density at radius 1 is 1.43 bits per heavy atom. The van der Waals surface area contributed by atoms with Crippen molar-refractivity contribution in [1.29, 1.82) is 0 Å². The topological polar surface area (TPSA) is 21.7 Å². The molecule has 1 aromatic carbocycles. The Balaban J connectivity index is 0.00000220. The van der Waals surface area contributed by atoms with Crippen LogP contribution in [0.2, 0.25) is 0 Å². The Kier molecular flexibility index (Phi) is 7.27. The van der Waals surface area contributed by atoms with E-state index in [1.54, 1.807) is 23.1 Å². The molecule has 2 rings (SSSR count). The quantitative estimate of drug-likeness (QED) is 0.540. The van der Waals surface area contributed by atoms with Crippen LogP contribution >= 0.6 is 15.9 Å². The Labute approximate surface area is 157 Å². The van der Waals surface area contributed by atoms with Gasteiger partial charge in [-0.3, -0.25) is 0 Å². The van der Waals surface area contributed by atoms with Crippen molar-refractivity contribution >= 4 is 21.6 Å². The second-order valence-corrected chi connectivity index (χ2v) is 5.04. The second kappa shape index (κ2) is 8.23. The van der Waals surface area contributed by atoms with E-state index in [-0.39, 0.29) is 45.3 Å². The Hall–Kier alpha value is -0.486. The maximum Gasteiger partial charge on any atom is 0.188 e. The summed E-state index contributed by atoms with van der Waals surface area (Å²) < 4.78 is 25.0. The van der Waals surface area contributed by atoms with Crippen LogP contribution in [0.15, 0.2) is 41.0 Å². The Morgan fingerprint density at radius 3 is 2.76 bits per heavy atom. The molecule has 1 aliphatic rings. The van der Waals surface area contributed by atoms with Crippen LogP contribution in [-0.2, 0) is 37.4 Å². The van der Waals surface area contributed by atoms with Crippen LogP contribution in [0.1, 0.15) is 5.56 Å². The van der Waals surface area contributed by atoms with Crippen molar-refractivity contribution < 1.29 is 46.6 Å². The third kappa shape index (κ3) is 4.25. The van der Waals surface area contributed by atoms with E-state index in [9.17, 15) is 4.39 Å². The smallest absolute Gasteiger partial charge is 0.188 e. The number of hydrogen-bond acceptors (Lipinski definition) is 3. The number of ether oxygens (including phenoxy) is 2. The van der Waals surface area contributed by atoms with Gasteiger partial charge in [0.2, 0.25) is 0 Å². The summed E-state index contributed by atoms with van der Waals surface area (Å²) in [5.74, 6) is 0.0369. The van der Waals surface area contributed by atoms with Gasteiger partial charge in [0.25, 0.3) is 0 Å². The predicted molar refractivity (Wildman–Crippen MR) is 79.5 cm³/mol. The molecular formula is C15H14BrFNO2Y-. The second-order valence-electron chi connectivity index (χ2n) is 4.18. The first-order chi connectivity index (χ1) is 9.54. The molecule has 0 bridgehead atoms. The number of benzene rings is 1. The van der Waals surface area contributed by atoms with Gasteiger partial charge in [0, 0.05) is 52.9 Å². The van der Waals surface area contributed by atoms with Crippen LogP contribution in [0.25, 0.3) is 5.70 Å². The van der Waals surface area contributed by atoms with Crippen molar-refractivity contribution in [2.75, 3.05) is 21.0 Å². The normalized spacial score (nSPS) is 14.3. The van der Waals surface area contributed by atoms with Gasteiger partial charge in [-0.1, -0.05) is 22.3 Å². The van der Waals surface area contributed by atoms with E-state index in [1.807, 2.05) is 7.05 Å². The van der Waals surface area contributed by atoms with Crippen LogP contribution in [0, 0.1) is 11.9 Å². The Morgan fingerprint density at radius 2 is 2.14 bits per heavy atom. The zero-order valence-electron chi connectivity index (χ0n) is 11.8. The van der Waals surface area contributed by atoms with Crippen molar-refractivity contribution in [2.45, 2.75) is 0 Å². The van der Waals surface area contributed by atoms with Crippen molar-refractivity contribution in [2.24, 2.45) is 0 Å². The average molecular weight is 428 g/mol. The SMILES string of the molecule is C=C1C(Br)=C[C-]=C(c2ccc(OCOC)cc2F)N1C.[Y]. The molecule has 0 aliphatic carbocycles. The largest absolute Gasteiger partial charge is 0.468 e. The number of nitrogens with zero attached hydrogens (tertiary/aromatic N) is 1. The molecule has 0 spiro atoms. The molecule has 6 heteroatoms. The maximum atomic E-state index is 14.2. The summed E-state index contributed by atoms with van der Waals surface area (Å²) in [6, 6.07) is 4.67. The van der Waals surface area contributed by atoms with Gasteiger partial charge in [-0.25, -0.2) is 4.39 Å². The molecule has 21 heavy (non-hydrogen) atoms. The molecule has 3 nitrogen and oxygen atoms in total. The molecule has 109 valence electrons. The summed E-state index contributed by atoms with van der Waals surface area (Å²) in [4.78, 5) is 1.78. The average Bonchev–Trinajstić information content (AvgIpc) is 2.44. The third-order valence-corrected chi connectivity index (χ3v) is 3.58. The van der Waals surface area contributed by atoms with E-state index in [4.69, 9.17) is 9.47 Å². The number of hydrogen-bond donors (Lipinski definition) is 0. The fraction of sp³-hybridized carbons (Fsp3) is 0.200. The molecule has 0 N–H and O–H groups in total. The van der Waals surface area contributed by atoms with Gasteiger partial charge in [-0.05, 0) is 11.8 Å². The molecule has 1 heterocycles. The van der Waals surface area contributed by atoms with Gasteiger partial charge in [-0.2, -0.15) is 12.2 Å². The van der Waals surface area contributed by atoms with Crippen molar-refractivity contribution in [1.82, 2.24) is 4.90 Å². The number of likely N-dealkylation sites (N-methyl/N-ethyl adjacent to an activating group) is 1. The first-order valence-electron chi connectivity index (χ1n) is 5.88. The number of allylic oxidation sites excluding steroid dienone is 3. The van der Waals surface area contributed by atoms with Crippen LogP contribution in [0.3, 0.4) is 0 Å². The molecule has 1 radical (unpaired) electrons. The fourth-order valence-electron chi connectivity index (χ4n) is 1.77. The van der Waals surface area contributed by atoms with Gasteiger partial charge in [0.05, 0.1) is 5.82 Å². The van der Waals surface area contributed by atoms with E-state index in [1.165, 1.54) is 13.2 Å². The number of rotatable bonds is 4. The van der Waals surface area contributed by atoms with Gasteiger partial charge in [0.1, 0.15) is 5.75 Å². The molecule has 0 saturated carbocycles. The van der Waals surface area contributed by atoms with E-state index < -0.39 is 0 Å². The van der Waals surface area contributed by atoms with Gasteiger partial charge in [0.15, 0.2) is 6.79 Å². The molecule has 0 amide bonds. The molecule has 1 aliphatic heterocycles. The standard InChI is InChI=1S/C15H14BrFNO2.Y/c1-10-13(16)6-7-15(18(10)2)12-5-4-11(8-14(12)17)20-9-19-3;/h4-6,8H,1,9H2,2-3H3;/q-1;. The van der Waals surface area contributed by atoms with Crippen LogP contribution in [0.5, 0.6) is 5.75 Å². The van der Waals surface area contributed by atoms with Crippen molar-refractivity contribution in [3.8, 4) is 5.75 Å². The van der Waals surface area contributed by atoms with Gasteiger partial charge in [-0.15, -0.1) is 22.0 Å². The van der Waals surface area contributed by atoms with Crippen molar-refractivity contribution in [3.63, 3.8) is 0 Å². The van der Waals surface area contributed by atoms with Crippen LogP contribution in [0.4, 0.5) is 4.39 Å². The maximum absolute atomic E-state index is 14.2. The van der Waals surface area contributed by atoms with E-state index in [2.05, 4.69) is 28.6 Å². The summed E-state index contributed by atoms with van der Waals surface area (Å²) in [6.45, 7) is 4.01. The van der Waals surface area contributed by atoms with Crippen molar-refractivity contribution in [3.05, 3.63) is 58.5 Å². The molecular weight excluding hydrogens is 414 g/mol. The van der Waals surface area contributed by atoms with E-state index in [0.717, 1.165) is 10.2 Å². The summed E-state index contributed by atoms with van der Waals surface area (Å²) in [6.07, 6.45) is 4.76. The summed E-state index contributed by atoms with van der Waals surface area (Å²) in [7, 11) is 3.32. The zero-order valence-corrected chi connectivity index (χ0v) is 16.2. The molecule has 0 aromatic heterocycles. The minimum atomic E-state index is -0.382. The van der Waals surface area contributed by atoms with Crippen LogP contribution in [-0.4, -0.2) is 25.9 Å². The molecule has 0 fully saturated rings. The first-order valence-corrected chi connectivity index (χ1v) is 6.67. The summed E-state index contributed by atoms with van der Waals surface area (Å²) >= 11 is 3.37. The zero-order chi connectivity index (χ0) is 14.7. The third-order valence-electron chi connectivity index (χ3n) is 2.89. The molecule has 0 atom stereocenters. The van der Waals surface area contributed by atoms with E-state index in [0.29, 0.717) is 17.0 Å². The van der Waals surface area contributed by atoms with Gasteiger partial charge < -0.3 is 14.4 Å². The number of methoxy groups -OCH3 is 1. The molecule has 0 saturated heterocycles. The predicted octanol–water partition coefficient (Wildman–Crippen LogP) is 3.69. The van der Waals surface area contributed by atoms with Gasteiger partial charge >= 0.3 is 0 Å². The monoisotopic (exact) mass is 427 g/mol. The summed E-state index contributed by atoms with van der Waals surface area (Å²) in [5, 5.41) is 0. The first kappa shape index (κ1) is 18.6. The van der Waals surface area contributed by atoms with E-state index >= 15 is 0 Å². The number of halogens is 2. The molecule has 0 unspecified atom stereocenters. The summed E-state index contributed by atoms with van der Waals surface area (Å²) in [5.41, 5.74) is 1.81. The minimum Gasteiger partial charge on any atom is -0.468 e.